The van der Waals surface area contributed by atoms with Crippen LogP contribution in [0.25, 0.3) is 11.2 Å². The van der Waals surface area contributed by atoms with E-state index in [9.17, 15) is 0 Å². The molecule has 1 saturated carbocycles. The fraction of sp³-hybridized carbons (Fsp3) is 0.600. The third kappa shape index (κ3) is 2.76. The Morgan fingerprint density at radius 3 is 2.95 bits per heavy atom. The van der Waals surface area contributed by atoms with Crippen LogP contribution in [0.2, 0.25) is 0 Å². The first-order valence-corrected chi connectivity index (χ1v) is 7.78. The number of aromatic nitrogens is 3. The molecule has 1 aliphatic carbocycles. The fourth-order valence-electron chi connectivity index (χ4n) is 3.13. The minimum absolute atomic E-state index is 0.618. The summed E-state index contributed by atoms with van der Waals surface area (Å²) in [6, 6.07) is 3.98. The van der Waals surface area contributed by atoms with E-state index in [1.807, 2.05) is 18.3 Å². The third-order valence-corrected chi connectivity index (χ3v) is 4.33. The van der Waals surface area contributed by atoms with Crippen LogP contribution >= 0.6 is 11.6 Å². The zero-order chi connectivity index (χ0) is 13.1. The van der Waals surface area contributed by atoms with Gasteiger partial charge in [-0.05, 0) is 24.5 Å². The lowest BCUT2D eigenvalue weighted by Crippen LogP contribution is -2.08. The molecule has 0 N–H and O–H groups in total. The Hall–Kier alpha value is -1.09. The van der Waals surface area contributed by atoms with E-state index in [0.29, 0.717) is 5.88 Å². The number of hydrogen-bond donors (Lipinski definition) is 0. The summed E-state index contributed by atoms with van der Waals surface area (Å²) in [7, 11) is 0. The van der Waals surface area contributed by atoms with Crippen LogP contribution < -0.4 is 0 Å². The summed E-state index contributed by atoms with van der Waals surface area (Å²) >= 11 is 5.89. The van der Waals surface area contributed by atoms with Crippen molar-refractivity contribution in [3.63, 3.8) is 0 Å². The topological polar surface area (TPSA) is 30.7 Å². The van der Waals surface area contributed by atoms with Crippen LogP contribution in [0.3, 0.4) is 0 Å². The van der Waals surface area contributed by atoms with Gasteiger partial charge in [-0.15, -0.1) is 11.6 Å². The van der Waals surface area contributed by atoms with Crippen LogP contribution in [0.5, 0.6) is 0 Å². The maximum atomic E-state index is 5.89. The number of rotatable bonds is 5. The number of alkyl halides is 1. The Labute approximate surface area is 119 Å². The lowest BCUT2D eigenvalue weighted by atomic mass is 10.0. The molecule has 3 rings (SSSR count). The van der Waals surface area contributed by atoms with Crippen molar-refractivity contribution in [2.45, 2.75) is 45.1 Å². The van der Waals surface area contributed by atoms with Gasteiger partial charge in [-0.2, -0.15) is 0 Å². The van der Waals surface area contributed by atoms with E-state index in [1.165, 1.54) is 32.1 Å². The molecule has 1 aliphatic rings. The van der Waals surface area contributed by atoms with Gasteiger partial charge in [-0.25, -0.2) is 9.97 Å². The van der Waals surface area contributed by atoms with Crippen LogP contribution in [-0.2, 0) is 13.0 Å². The average Bonchev–Trinajstić information content (AvgIpc) is 3.04. The molecule has 4 heteroatoms. The highest BCUT2D eigenvalue weighted by Crippen LogP contribution is 2.28. The molecule has 1 fully saturated rings. The second-order valence-electron chi connectivity index (χ2n) is 5.40. The van der Waals surface area contributed by atoms with Crippen molar-refractivity contribution in [2.24, 2.45) is 5.92 Å². The van der Waals surface area contributed by atoms with E-state index < -0.39 is 0 Å². The first-order chi connectivity index (χ1) is 9.38. The number of hydrogen-bond acceptors (Lipinski definition) is 2. The standard InChI is InChI=1S/C15H20ClN3/c16-9-7-14-18-13-6-3-10-17-15(13)19(14)11-8-12-4-1-2-5-12/h3,6,10,12H,1-2,4-5,7-9,11H2. The van der Waals surface area contributed by atoms with Crippen LogP contribution in [0.15, 0.2) is 18.3 Å². The summed E-state index contributed by atoms with van der Waals surface area (Å²) in [5.74, 6) is 2.60. The van der Waals surface area contributed by atoms with Crippen molar-refractivity contribution in [3.05, 3.63) is 24.2 Å². The van der Waals surface area contributed by atoms with Gasteiger partial charge in [0, 0.05) is 25.0 Å². The summed E-state index contributed by atoms with van der Waals surface area (Å²) < 4.78 is 2.27. The predicted octanol–water partition coefficient (Wildman–Crippen LogP) is 3.79. The molecule has 0 aliphatic heterocycles. The molecular formula is C15H20ClN3. The first kappa shape index (κ1) is 12.9. The molecule has 0 bridgehead atoms. The predicted molar refractivity (Wildman–Crippen MR) is 78.5 cm³/mol. The maximum Gasteiger partial charge on any atom is 0.159 e. The molecule has 2 aromatic heterocycles. The highest BCUT2D eigenvalue weighted by Gasteiger charge is 2.17. The molecule has 0 spiro atoms. The van der Waals surface area contributed by atoms with Gasteiger partial charge >= 0.3 is 0 Å². The highest BCUT2D eigenvalue weighted by atomic mass is 35.5. The van der Waals surface area contributed by atoms with Gasteiger partial charge in [0.25, 0.3) is 0 Å². The smallest absolute Gasteiger partial charge is 0.159 e. The van der Waals surface area contributed by atoms with Crippen molar-refractivity contribution in [2.75, 3.05) is 5.88 Å². The molecule has 0 atom stereocenters. The number of imidazole rings is 1. The van der Waals surface area contributed by atoms with Gasteiger partial charge in [-0.1, -0.05) is 25.7 Å². The van der Waals surface area contributed by atoms with Crippen LogP contribution in [0.4, 0.5) is 0 Å². The van der Waals surface area contributed by atoms with Crippen molar-refractivity contribution in [1.82, 2.24) is 14.5 Å². The lowest BCUT2D eigenvalue weighted by molar-refractivity contribution is 0.456. The number of pyridine rings is 1. The normalized spacial score (nSPS) is 16.5. The van der Waals surface area contributed by atoms with Gasteiger partial charge in [0.15, 0.2) is 5.65 Å². The van der Waals surface area contributed by atoms with Crippen molar-refractivity contribution in [3.8, 4) is 0 Å². The largest absolute Gasteiger partial charge is 0.313 e. The summed E-state index contributed by atoms with van der Waals surface area (Å²) in [5, 5.41) is 0. The Kier molecular flexibility index (Phi) is 4.02. The minimum atomic E-state index is 0.618. The van der Waals surface area contributed by atoms with E-state index in [4.69, 9.17) is 11.6 Å². The zero-order valence-corrected chi connectivity index (χ0v) is 11.9. The molecule has 3 nitrogen and oxygen atoms in total. The highest BCUT2D eigenvalue weighted by molar-refractivity contribution is 6.17. The molecule has 102 valence electrons. The van der Waals surface area contributed by atoms with Crippen LogP contribution in [0, 0.1) is 5.92 Å². The number of nitrogens with zero attached hydrogens (tertiary/aromatic N) is 3. The number of aryl methyl sites for hydroxylation is 2. The van der Waals surface area contributed by atoms with E-state index in [2.05, 4.69) is 14.5 Å². The van der Waals surface area contributed by atoms with Gasteiger partial charge < -0.3 is 4.57 Å². The Morgan fingerprint density at radius 2 is 2.16 bits per heavy atom. The summed E-state index contributed by atoms with van der Waals surface area (Å²) in [6.07, 6.45) is 9.51. The quantitative estimate of drug-likeness (QED) is 0.779. The summed E-state index contributed by atoms with van der Waals surface area (Å²) in [6.45, 7) is 1.03. The summed E-state index contributed by atoms with van der Waals surface area (Å²) in [5.41, 5.74) is 2.01. The van der Waals surface area contributed by atoms with E-state index in [1.54, 1.807) is 0 Å². The van der Waals surface area contributed by atoms with Gasteiger partial charge in [0.2, 0.25) is 0 Å². The SMILES string of the molecule is ClCCc1nc2cccnc2n1CCC1CCCC1. The van der Waals surface area contributed by atoms with E-state index in [-0.39, 0.29) is 0 Å². The average molecular weight is 278 g/mol. The maximum absolute atomic E-state index is 5.89. The van der Waals surface area contributed by atoms with E-state index >= 15 is 0 Å². The van der Waals surface area contributed by atoms with Crippen molar-refractivity contribution < 1.29 is 0 Å². The molecule has 2 heterocycles. The van der Waals surface area contributed by atoms with Crippen molar-refractivity contribution >= 4 is 22.8 Å². The van der Waals surface area contributed by atoms with Gasteiger partial charge in [0.1, 0.15) is 11.3 Å². The summed E-state index contributed by atoms with van der Waals surface area (Å²) in [4.78, 5) is 9.15. The third-order valence-electron chi connectivity index (χ3n) is 4.14. The second kappa shape index (κ2) is 5.91. The molecule has 0 aromatic carbocycles. The Bertz CT molecular complexity index is 543. The van der Waals surface area contributed by atoms with Gasteiger partial charge in [0.05, 0.1) is 0 Å². The lowest BCUT2D eigenvalue weighted by Gasteiger charge is -2.12. The fourth-order valence-corrected chi connectivity index (χ4v) is 3.30. The monoisotopic (exact) mass is 277 g/mol. The first-order valence-electron chi connectivity index (χ1n) is 7.24. The van der Waals surface area contributed by atoms with Crippen molar-refractivity contribution in [1.29, 1.82) is 0 Å². The van der Waals surface area contributed by atoms with Gasteiger partial charge in [-0.3, -0.25) is 0 Å². The molecule has 2 aromatic rings. The molecular weight excluding hydrogens is 258 g/mol. The minimum Gasteiger partial charge on any atom is -0.313 e. The van der Waals surface area contributed by atoms with Crippen LogP contribution in [-0.4, -0.2) is 20.4 Å². The zero-order valence-electron chi connectivity index (χ0n) is 11.2. The molecule has 19 heavy (non-hydrogen) atoms. The van der Waals surface area contributed by atoms with E-state index in [0.717, 1.165) is 35.9 Å². The molecule has 0 radical (unpaired) electrons. The molecule has 0 saturated heterocycles. The second-order valence-corrected chi connectivity index (χ2v) is 5.78. The number of halogens is 1. The van der Waals surface area contributed by atoms with Crippen LogP contribution in [0.1, 0.15) is 37.9 Å². The molecule has 0 amide bonds. The number of fused-ring (bicyclic) bond motifs is 1. The Morgan fingerprint density at radius 1 is 1.32 bits per heavy atom. The Balaban J connectivity index is 1.84. The molecule has 0 unspecified atom stereocenters.